The molecule has 0 bridgehead atoms. The molecule has 0 aromatic heterocycles. The van der Waals surface area contributed by atoms with Gasteiger partial charge >= 0.3 is 11.9 Å². The molecule has 0 aliphatic carbocycles. The van der Waals surface area contributed by atoms with Crippen LogP contribution in [0, 0.1) is 0 Å². The van der Waals surface area contributed by atoms with E-state index in [4.69, 9.17) is 0 Å². The van der Waals surface area contributed by atoms with E-state index < -0.39 is 17.9 Å². The minimum atomic E-state index is -0.991. The third-order valence-corrected chi connectivity index (χ3v) is 3.97. The van der Waals surface area contributed by atoms with Gasteiger partial charge in [0.25, 0.3) is 5.91 Å². The number of para-hydroxylation sites is 1. The monoisotopic (exact) mass is 338 g/mol. The van der Waals surface area contributed by atoms with Gasteiger partial charge in [-0.15, -0.1) is 0 Å². The highest BCUT2D eigenvalue weighted by Crippen LogP contribution is 2.36. The highest BCUT2D eigenvalue weighted by atomic mass is 16.5. The molecule has 6 heteroatoms. The summed E-state index contributed by atoms with van der Waals surface area (Å²) in [6.07, 6.45) is 0. The lowest BCUT2D eigenvalue weighted by atomic mass is 10.1. The molecule has 1 aliphatic rings. The van der Waals surface area contributed by atoms with Gasteiger partial charge in [0.05, 0.1) is 13.2 Å². The van der Waals surface area contributed by atoms with E-state index >= 15 is 0 Å². The molecular weight excluding hydrogens is 320 g/mol. The number of benzene rings is 2. The van der Waals surface area contributed by atoms with Crippen LogP contribution in [0.4, 0.5) is 5.69 Å². The number of hydrogen-bond donors (Lipinski definition) is 1. The molecule has 128 valence electrons. The van der Waals surface area contributed by atoms with Crippen LogP contribution in [-0.2, 0) is 25.7 Å². The Morgan fingerprint density at radius 2 is 1.76 bits per heavy atom. The molecule has 0 unspecified atom stereocenters. The van der Waals surface area contributed by atoms with Crippen LogP contribution < -0.4 is 10.2 Å². The average molecular weight is 338 g/mol. The number of nitrogens with zero attached hydrogens (tertiary/aromatic N) is 1. The second kappa shape index (κ2) is 7.17. The fourth-order valence-corrected chi connectivity index (χ4v) is 2.84. The summed E-state index contributed by atoms with van der Waals surface area (Å²) in [5, 5.41) is 2.48. The molecule has 2 aromatic rings. The first-order valence-corrected chi connectivity index (χ1v) is 8.03. The van der Waals surface area contributed by atoms with Crippen LogP contribution >= 0.6 is 0 Å². The van der Waals surface area contributed by atoms with Crippen molar-refractivity contribution >= 4 is 23.5 Å². The number of rotatable bonds is 4. The smallest absolute Gasteiger partial charge is 0.396 e. The number of carbonyl (C=O) groups is 3. The van der Waals surface area contributed by atoms with Crippen molar-refractivity contribution in [1.82, 2.24) is 5.32 Å². The molecular formula is C19H18N2O4. The van der Waals surface area contributed by atoms with Crippen molar-refractivity contribution in [1.29, 1.82) is 0 Å². The summed E-state index contributed by atoms with van der Waals surface area (Å²) in [7, 11) is 0. The molecule has 1 N–H and O–H groups in total. The largest absolute Gasteiger partial charge is 0.459 e. The Labute approximate surface area is 145 Å². The van der Waals surface area contributed by atoms with Crippen LogP contribution in [0.2, 0.25) is 0 Å². The van der Waals surface area contributed by atoms with Crippen LogP contribution in [0.3, 0.4) is 0 Å². The summed E-state index contributed by atoms with van der Waals surface area (Å²) in [4.78, 5) is 38.0. The number of carbonyl (C=O) groups excluding carboxylic acids is 3. The Balaban J connectivity index is 1.85. The topological polar surface area (TPSA) is 75.7 Å². The summed E-state index contributed by atoms with van der Waals surface area (Å²) in [5.41, 5.74) is 2.37. The van der Waals surface area contributed by atoms with E-state index in [2.05, 4.69) is 10.1 Å². The Morgan fingerprint density at radius 3 is 2.48 bits per heavy atom. The van der Waals surface area contributed by atoms with E-state index in [1.165, 1.54) is 0 Å². The molecule has 6 nitrogen and oxygen atoms in total. The van der Waals surface area contributed by atoms with E-state index in [0.29, 0.717) is 12.1 Å². The second-order valence-corrected chi connectivity index (χ2v) is 5.60. The maximum Gasteiger partial charge on any atom is 0.396 e. The molecule has 3 rings (SSSR count). The first-order chi connectivity index (χ1) is 12.1. The zero-order chi connectivity index (χ0) is 17.8. The van der Waals surface area contributed by atoms with Crippen LogP contribution in [0.15, 0.2) is 54.6 Å². The Hall–Kier alpha value is -3.15. The standard InChI is InChI=1S/C19H18N2O4/c1-2-25-19(24)17(22)20-16-14-10-6-7-11-15(14)21(18(16)23)12-13-8-4-3-5-9-13/h3-11,16H,2,12H2,1H3,(H,20,22)/t16-/m0/s1. The van der Waals surface area contributed by atoms with E-state index in [-0.39, 0.29) is 12.5 Å². The van der Waals surface area contributed by atoms with E-state index in [1.807, 2.05) is 42.5 Å². The van der Waals surface area contributed by atoms with Gasteiger partial charge < -0.3 is 15.0 Å². The number of amides is 2. The summed E-state index contributed by atoms with van der Waals surface area (Å²) in [5.74, 6) is -2.19. The maximum absolute atomic E-state index is 12.8. The fourth-order valence-electron chi connectivity index (χ4n) is 2.84. The second-order valence-electron chi connectivity index (χ2n) is 5.60. The number of nitrogens with one attached hydrogen (secondary N) is 1. The summed E-state index contributed by atoms with van der Waals surface area (Å²) < 4.78 is 4.68. The van der Waals surface area contributed by atoms with Crippen LogP contribution in [0.25, 0.3) is 0 Å². The maximum atomic E-state index is 12.8. The van der Waals surface area contributed by atoms with Crippen molar-refractivity contribution in [3.63, 3.8) is 0 Å². The number of anilines is 1. The van der Waals surface area contributed by atoms with Crippen LogP contribution in [0.1, 0.15) is 24.1 Å². The van der Waals surface area contributed by atoms with Crippen molar-refractivity contribution in [3.05, 3.63) is 65.7 Å². The van der Waals surface area contributed by atoms with Crippen molar-refractivity contribution < 1.29 is 19.1 Å². The van der Waals surface area contributed by atoms with Crippen molar-refractivity contribution in [2.75, 3.05) is 11.5 Å². The van der Waals surface area contributed by atoms with E-state index in [0.717, 1.165) is 11.3 Å². The lowest BCUT2D eigenvalue weighted by molar-refractivity contribution is -0.155. The lowest BCUT2D eigenvalue weighted by Gasteiger charge is -2.18. The Morgan fingerprint density at radius 1 is 1.08 bits per heavy atom. The minimum absolute atomic E-state index is 0.0988. The van der Waals surface area contributed by atoms with Gasteiger partial charge in [-0.25, -0.2) is 4.79 Å². The molecule has 0 spiro atoms. The van der Waals surface area contributed by atoms with Crippen molar-refractivity contribution in [2.24, 2.45) is 0 Å². The van der Waals surface area contributed by atoms with Gasteiger partial charge in [-0.2, -0.15) is 0 Å². The molecule has 0 saturated carbocycles. The molecule has 25 heavy (non-hydrogen) atoms. The van der Waals surface area contributed by atoms with Gasteiger partial charge in [-0.05, 0) is 18.6 Å². The average Bonchev–Trinajstić information content (AvgIpc) is 2.89. The third-order valence-electron chi connectivity index (χ3n) is 3.97. The molecule has 0 saturated heterocycles. The lowest BCUT2D eigenvalue weighted by Crippen LogP contribution is -2.40. The predicted molar refractivity (Wildman–Crippen MR) is 91.6 cm³/mol. The zero-order valence-corrected chi connectivity index (χ0v) is 13.8. The summed E-state index contributed by atoms with van der Waals surface area (Å²) in [6, 6.07) is 15.9. The predicted octanol–water partition coefficient (Wildman–Crippen LogP) is 1.95. The summed E-state index contributed by atoms with van der Waals surface area (Å²) in [6.45, 7) is 2.10. The number of esters is 1. The minimum Gasteiger partial charge on any atom is -0.459 e. The van der Waals surface area contributed by atoms with Crippen LogP contribution in [0.5, 0.6) is 0 Å². The number of ether oxygens (including phenoxy) is 1. The third kappa shape index (κ3) is 3.38. The van der Waals surface area contributed by atoms with Gasteiger partial charge in [0.2, 0.25) is 0 Å². The normalized spacial score (nSPS) is 15.6. The van der Waals surface area contributed by atoms with Crippen LogP contribution in [-0.4, -0.2) is 24.4 Å². The molecule has 0 radical (unpaired) electrons. The van der Waals surface area contributed by atoms with Gasteiger partial charge in [-0.1, -0.05) is 48.5 Å². The van der Waals surface area contributed by atoms with Gasteiger partial charge in [0, 0.05) is 11.3 Å². The van der Waals surface area contributed by atoms with E-state index in [9.17, 15) is 14.4 Å². The van der Waals surface area contributed by atoms with Gasteiger partial charge in [0.15, 0.2) is 0 Å². The van der Waals surface area contributed by atoms with E-state index in [1.54, 1.807) is 24.0 Å². The first-order valence-electron chi connectivity index (χ1n) is 8.03. The Kier molecular flexibility index (Phi) is 4.79. The molecule has 1 atom stereocenters. The van der Waals surface area contributed by atoms with Gasteiger partial charge in [-0.3, -0.25) is 9.59 Å². The molecule has 2 aromatic carbocycles. The fraction of sp³-hybridized carbons (Fsp3) is 0.211. The van der Waals surface area contributed by atoms with Gasteiger partial charge in [0.1, 0.15) is 6.04 Å². The SMILES string of the molecule is CCOC(=O)C(=O)N[C@@H]1C(=O)N(Cc2ccccc2)c2ccccc21. The first kappa shape index (κ1) is 16.7. The number of fused-ring (bicyclic) bond motifs is 1. The molecule has 1 heterocycles. The highest BCUT2D eigenvalue weighted by Gasteiger charge is 2.39. The molecule has 2 amide bonds. The zero-order valence-electron chi connectivity index (χ0n) is 13.8. The quantitative estimate of drug-likeness (QED) is 0.683. The van der Waals surface area contributed by atoms with Crippen molar-refractivity contribution in [2.45, 2.75) is 19.5 Å². The molecule has 1 aliphatic heterocycles. The Bertz CT molecular complexity index is 804. The van der Waals surface area contributed by atoms with Crippen molar-refractivity contribution in [3.8, 4) is 0 Å². The number of hydrogen-bond acceptors (Lipinski definition) is 4. The summed E-state index contributed by atoms with van der Waals surface area (Å²) >= 11 is 0. The highest BCUT2D eigenvalue weighted by molar-refractivity contribution is 6.33. The molecule has 0 fully saturated rings.